The molecule has 2 nitrogen and oxygen atoms in total. The van der Waals surface area contributed by atoms with E-state index in [9.17, 15) is 0 Å². The molecule has 0 radical (unpaired) electrons. The molecule has 3 rings (SSSR count). The number of hydrogen-bond acceptors (Lipinski definition) is 2. The molecule has 2 fully saturated rings. The van der Waals surface area contributed by atoms with E-state index in [1.807, 2.05) is 0 Å². The summed E-state index contributed by atoms with van der Waals surface area (Å²) in [4.78, 5) is 0. The van der Waals surface area contributed by atoms with Crippen LogP contribution < -0.4 is 10.1 Å². The van der Waals surface area contributed by atoms with Crippen LogP contribution in [0.25, 0.3) is 0 Å². The molecule has 1 aromatic carbocycles. The highest BCUT2D eigenvalue weighted by Crippen LogP contribution is 2.36. The zero-order chi connectivity index (χ0) is 12.4. The van der Waals surface area contributed by atoms with Crippen molar-refractivity contribution in [1.82, 2.24) is 5.32 Å². The summed E-state index contributed by atoms with van der Waals surface area (Å²) in [7, 11) is 0. The molecule has 2 heteroatoms. The van der Waals surface area contributed by atoms with Gasteiger partial charge in [0.2, 0.25) is 0 Å². The van der Waals surface area contributed by atoms with Crippen molar-refractivity contribution in [3.63, 3.8) is 0 Å². The Morgan fingerprint density at radius 3 is 2.61 bits per heavy atom. The van der Waals surface area contributed by atoms with E-state index in [2.05, 4.69) is 36.5 Å². The maximum Gasteiger partial charge on any atom is 0.119 e. The standard InChI is InChI=1S/C16H23NO/c1-2-10-16(11-3-12-17-16)13-4-6-14(7-5-13)18-15-8-9-15/h4-7,15,17H,2-3,8-12H2,1H3. The van der Waals surface area contributed by atoms with Crippen molar-refractivity contribution >= 4 is 0 Å². The van der Waals surface area contributed by atoms with Crippen LogP contribution in [0.15, 0.2) is 24.3 Å². The molecule has 1 heterocycles. The van der Waals surface area contributed by atoms with Crippen molar-refractivity contribution in [3.8, 4) is 5.75 Å². The van der Waals surface area contributed by atoms with Gasteiger partial charge in [-0.3, -0.25) is 0 Å². The average molecular weight is 245 g/mol. The molecule has 1 saturated carbocycles. The van der Waals surface area contributed by atoms with Gasteiger partial charge in [0.1, 0.15) is 5.75 Å². The van der Waals surface area contributed by atoms with Gasteiger partial charge < -0.3 is 10.1 Å². The molecule has 1 unspecified atom stereocenters. The van der Waals surface area contributed by atoms with Crippen LogP contribution in [0.5, 0.6) is 5.75 Å². The molecule has 0 spiro atoms. The Balaban J connectivity index is 1.76. The molecule has 18 heavy (non-hydrogen) atoms. The summed E-state index contributed by atoms with van der Waals surface area (Å²) in [5.41, 5.74) is 1.66. The van der Waals surface area contributed by atoms with Crippen LogP contribution in [0.4, 0.5) is 0 Å². The van der Waals surface area contributed by atoms with Crippen molar-refractivity contribution in [2.24, 2.45) is 0 Å². The molecule has 1 N–H and O–H groups in total. The number of rotatable bonds is 5. The highest BCUT2D eigenvalue weighted by atomic mass is 16.5. The minimum absolute atomic E-state index is 0.229. The van der Waals surface area contributed by atoms with E-state index in [0.29, 0.717) is 6.10 Å². The van der Waals surface area contributed by atoms with E-state index in [1.165, 1.54) is 44.1 Å². The van der Waals surface area contributed by atoms with E-state index in [1.54, 1.807) is 0 Å². The van der Waals surface area contributed by atoms with Gasteiger partial charge >= 0.3 is 0 Å². The van der Waals surface area contributed by atoms with Crippen LogP contribution in [0, 0.1) is 0 Å². The fourth-order valence-corrected chi connectivity index (χ4v) is 3.07. The predicted molar refractivity (Wildman–Crippen MR) is 73.9 cm³/mol. The first-order valence-electron chi connectivity index (χ1n) is 7.35. The number of benzene rings is 1. The quantitative estimate of drug-likeness (QED) is 0.855. The lowest BCUT2D eigenvalue weighted by Gasteiger charge is -2.30. The normalized spacial score (nSPS) is 27.4. The van der Waals surface area contributed by atoms with E-state index in [-0.39, 0.29) is 5.54 Å². The van der Waals surface area contributed by atoms with Crippen LogP contribution in [-0.2, 0) is 5.54 Å². The van der Waals surface area contributed by atoms with Gasteiger partial charge in [-0.05, 0) is 56.3 Å². The van der Waals surface area contributed by atoms with E-state index in [0.717, 1.165) is 12.3 Å². The summed E-state index contributed by atoms with van der Waals surface area (Å²) in [6.07, 6.45) is 7.96. The Hall–Kier alpha value is -1.02. The van der Waals surface area contributed by atoms with Crippen molar-refractivity contribution < 1.29 is 4.74 Å². The number of ether oxygens (including phenoxy) is 1. The van der Waals surface area contributed by atoms with Crippen molar-refractivity contribution in [2.45, 2.75) is 57.1 Å². The lowest BCUT2D eigenvalue weighted by Crippen LogP contribution is -2.36. The highest BCUT2D eigenvalue weighted by Gasteiger charge is 2.34. The fourth-order valence-electron chi connectivity index (χ4n) is 3.07. The molecular formula is C16H23NO. The molecule has 1 aliphatic heterocycles. The number of hydrogen-bond donors (Lipinski definition) is 1. The second kappa shape index (κ2) is 4.93. The Morgan fingerprint density at radius 1 is 1.28 bits per heavy atom. The van der Waals surface area contributed by atoms with E-state index in [4.69, 9.17) is 4.74 Å². The summed E-state index contributed by atoms with van der Waals surface area (Å²) in [5.74, 6) is 1.03. The Kier molecular flexibility index (Phi) is 3.29. The second-order valence-corrected chi connectivity index (χ2v) is 5.70. The Bertz CT molecular complexity index is 388. The van der Waals surface area contributed by atoms with Gasteiger partial charge in [-0.1, -0.05) is 25.5 Å². The first-order valence-corrected chi connectivity index (χ1v) is 7.35. The SMILES string of the molecule is CCCC1(c2ccc(OC3CC3)cc2)CCCN1. The highest BCUT2D eigenvalue weighted by molar-refractivity contribution is 5.33. The Morgan fingerprint density at radius 2 is 2.06 bits per heavy atom. The molecule has 2 aliphatic rings. The van der Waals surface area contributed by atoms with Gasteiger partial charge in [-0.15, -0.1) is 0 Å². The molecular weight excluding hydrogens is 222 g/mol. The van der Waals surface area contributed by atoms with Crippen LogP contribution >= 0.6 is 0 Å². The molecule has 0 aromatic heterocycles. The molecule has 1 atom stereocenters. The molecule has 98 valence electrons. The van der Waals surface area contributed by atoms with Crippen molar-refractivity contribution in [2.75, 3.05) is 6.54 Å². The summed E-state index contributed by atoms with van der Waals surface area (Å²) >= 11 is 0. The topological polar surface area (TPSA) is 21.3 Å². The Labute approximate surface area is 110 Å². The largest absolute Gasteiger partial charge is 0.490 e. The van der Waals surface area contributed by atoms with Gasteiger partial charge in [-0.2, -0.15) is 0 Å². The smallest absolute Gasteiger partial charge is 0.119 e. The van der Waals surface area contributed by atoms with Crippen LogP contribution in [0.2, 0.25) is 0 Å². The molecule has 1 aromatic rings. The third-order valence-corrected chi connectivity index (χ3v) is 4.15. The lowest BCUT2D eigenvalue weighted by molar-refractivity contribution is 0.302. The molecule has 0 bridgehead atoms. The maximum atomic E-state index is 5.82. The minimum Gasteiger partial charge on any atom is -0.490 e. The van der Waals surface area contributed by atoms with Crippen LogP contribution in [-0.4, -0.2) is 12.6 Å². The first-order chi connectivity index (χ1) is 8.82. The molecule has 0 amide bonds. The summed E-state index contributed by atoms with van der Waals surface area (Å²) in [6.45, 7) is 3.42. The summed E-state index contributed by atoms with van der Waals surface area (Å²) in [5, 5.41) is 3.72. The van der Waals surface area contributed by atoms with E-state index < -0.39 is 0 Å². The molecule has 1 aliphatic carbocycles. The summed E-state index contributed by atoms with van der Waals surface area (Å²) in [6, 6.07) is 8.80. The minimum atomic E-state index is 0.229. The molecule has 1 saturated heterocycles. The lowest BCUT2D eigenvalue weighted by atomic mass is 9.84. The van der Waals surface area contributed by atoms with Gasteiger partial charge in [0, 0.05) is 5.54 Å². The van der Waals surface area contributed by atoms with Crippen LogP contribution in [0.1, 0.15) is 51.0 Å². The monoisotopic (exact) mass is 245 g/mol. The van der Waals surface area contributed by atoms with Crippen molar-refractivity contribution in [3.05, 3.63) is 29.8 Å². The predicted octanol–water partition coefficient (Wildman–Crippen LogP) is 3.61. The third kappa shape index (κ3) is 2.39. The van der Waals surface area contributed by atoms with Gasteiger partial charge in [0.05, 0.1) is 6.10 Å². The van der Waals surface area contributed by atoms with Crippen molar-refractivity contribution in [1.29, 1.82) is 0 Å². The fraction of sp³-hybridized carbons (Fsp3) is 0.625. The first kappa shape index (κ1) is 12.0. The second-order valence-electron chi connectivity index (χ2n) is 5.70. The summed E-state index contributed by atoms with van der Waals surface area (Å²) < 4.78 is 5.82. The third-order valence-electron chi connectivity index (χ3n) is 4.15. The maximum absolute atomic E-state index is 5.82. The van der Waals surface area contributed by atoms with E-state index >= 15 is 0 Å². The average Bonchev–Trinajstić information content (AvgIpc) is 3.07. The zero-order valence-electron chi connectivity index (χ0n) is 11.2. The number of nitrogens with one attached hydrogen (secondary N) is 1. The zero-order valence-corrected chi connectivity index (χ0v) is 11.2. The van der Waals surface area contributed by atoms with Gasteiger partial charge in [0.25, 0.3) is 0 Å². The van der Waals surface area contributed by atoms with Crippen LogP contribution in [0.3, 0.4) is 0 Å². The van der Waals surface area contributed by atoms with Gasteiger partial charge in [0.15, 0.2) is 0 Å². The van der Waals surface area contributed by atoms with Gasteiger partial charge in [-0.25, -0.2) is 0 Å².